The van der Waals surface area contributed by atoms with Gasteiger partial charge in [0, 0.05) is 36.9 Å². The molecule has 1 aliphatic carbocycles. The second-order valence-electron chi connectivity index (χ2n) is 11.3. The highest BCUT2D eigenvalue weighted by molar-refractivity contribution is 7.98. The van der Waals surface area contributed by atoms with Crippen LogP contribution in [0.2, 0.25) is 0 Å². The molecule has 1 heterocycles. The van der Waals surface area contributed by atoms with Crippen LogP contribution in [0.3, 0.4) is 0 Å². The number of hydrogen-bond donors (Lipinski definition) is 3. The number of nitrogens with one attached hydrogen (secondary N) is 3. The van der Waals surface area contributed by atoms with Crippen LogP contribution in [-0.4, -0.2) is 55.8 Å². The molecule has 11 heteroatoms. The molecule has 2 atom stereocenters. The molecule has 0 spiro atoms. The Morgan fingerprint density at radius 1 is 1.02 bits per heavy atom. The van der Waals surface area contributed by atoms with Crippen LogP contribution in [0.5, 0.6) is 17.2 Å². The number of aryl methyl sites for hydroxylation is 2. The number of benzene rings is 2. The van der Waals surface area contributed by atoms with E-state index in [4.69, 9.17) is 14.2 Å². The molecule has 1 aliphatic rings. The quantitative estimate of drug-likeness (QED) is 0.195. The molecule has 1 aromatic heterocycles. The molecule has 5 rings (SSSR count). The molecule has 0 unspecified atom stereocenters. The second-order valence-corrected chi connectivity index (χ2v) is 12.2. The van der Waals surface area contributed by atoms with Gasteiger partial charge in [0.15, 0.2) is 11.5 Å². The van der Waals surface area contributed by atoms with Crippen molar-refractivity contribution in [1.82, 2.24) is 9.88 Å². The first-order chi connectivity index (χ1) is 22.2. The Labute approximate surface area is 272 Å². The monoisotopic (exact) mass is 644 g/mol. The van der Waals surface area contributed by atoms with Crippen LogP contribution >= 0.6 is 11.8 Å². The zero-order chi connectivity index (χ0) is 33.0. The number of anilines is 2. The number of ether oxygens (including phenoxy) is 3. The SMILES string of the molecule is COc1cc2c(c(OC)c1OC)-c1ccc(N[C@@H](CCSC)C(=O)Nc3ccc4ccn(C)c4c3)c(=O)cc1[C@@H](NC(C)=O)CC2. The topological polar surface area (TPSA) is 120 Å². The third kappa shape index (κ3) is 6.64. The van der Waals surface area contributed by atoms with Crippen molar-refractivity contribution >= 4 is 45.9 Å². The lowest BCUT2D eigenvalue weighted by Crippen LogP contribution is -2.36. The minimum atomic E-state index is -0.677. The zero-order valence-corrected chi connectivity index (χ0v) is 27.8. The number of aromatic nitrogens is 1. The van der Waals surface area contributed by atoms with Gasteiger partial charge in [-0.25, -0.2) is 0 Å². The Kier molecular flexibility index (Phi) is 10.1. The molecule has 2 amide bonds. The summed E-state index contributed by atoms with van der Waals surface area (Å²) in [5.74, 6) is 1.70. The number of carbonyl (C=O) groups excluding carboxylic acids is 2. The van der Waals surface area contributed by atoms with Gasteiger partial charge >= 0.3 is 0 Å². The maximum absolute atomic E-state index is 13.9. The number of hydrogen-bond acceptors (Lipinski definition) is 8. The third-order valence-corrected chi connectivity index (χ3v) is 8.97. The molecule has 3 N–H and O–H groups in total. The average Bonchev–Trinajstić information content (AvgIpc) is 3.25. The smallest absolute Gasteiger partial charge is 0.246 e. The first-order valence-corrected chi connectivity index (χ1v) is 16.5. The van der Waals surface area contributed by atoms with Crippen molar-refractivity contribution in [1.29, 1.82) is 0 Å². The van der Waals surface area contributed by atoms with Crippen molar-refractivity contribution in [3.05, 3.63) is 76.1 Å². The Hall–Kier alpha value is -4.64. The van der Waals surface area contributed by atoms with Gasteiger partial charge in [-0.15, -0.1) is 0 Å². The number of amides is 2. The van der Waals surface area contributed by atoms with Crippen molar-refractivity contribution in [2.45, 2.75) is 38.3 Å². The molecular weight excluding hydrogens is 604 g/mol. The summed E-state index contributed by atoms with van der Waals surface area (Å²) in [6, 6.07) is 13.7. The summed E-state index contributed by atoms with van der Waals surface area (Å²) >= 11 is 1.63. The average molecular weight is 645 g/mol. The minimum absolute atomic E-state index is 0.205. The summed E-state index contributed by atoms with van der Waals surface area (Å²) in [7, 11) is 6.64. The molecule has 46 heavy (non-hydrogen) atoms. The first-order valence-electron chi connectivity index (χ1n) is 15.1. The zero-order valence-electron chi connectivity index (χ0n) is 27.0. The maximum atomic E-state index is 13.9. The van der Waals surface area contributed by atoms with Gasteiger partial charge in [-0.05, 0) is 89.7 Å². The van der Waals surface area contributed by atoms with Crippen LogP contribution in [0, 0.1) is 0 Å². The van der Waals surface area contributed by atoms with Gasteiger partial charge in [0.2, 0.25) is 23.0 Å². The van der Waals surface area contributed by atoms with Crippen LogP contribution in [0.25, 0.3) is 22.0 Å². The molecule has 0 saturated carbocycles. The fourth-order valence-corrected chi connectivity index (χ4v) is 6.56. The largest absolute Gasteiger partial charge is 0.493 e. The van der Waals surface area contributed by atoms with E-state index >= 15 is 0 Å². The van der Waals surface area contributed by atoms with Crippen molar-refractivity contribution in [3.63, 3.8) is 0 Å². The molecule has 0 radical (unpaired) electrons. The predicted octanol–water partition coefficient (Wildman–Crippen LogP) is 5.53. The summed E-state index contributed by atoms with van der Waals surface area (Å²) in [5.41, 5.74) is 4.72. The van der Waals surface area contributed by atoms with Gasteiger partial charge < -0.3 is 34.7 Å². The Bertz CT molecular complexity index is 1840. The van der Waals surface area contributed by atoms with E-state index in [1.807, 2.05) is 60.5 Å². The normalized spacial score (nSPS) is 14.3. The Balaban J connectivity index is 1.58. The van der Waals surface area contributed by atoms with E-state index in [-0.39, 0.29) is 22.9 Å². The molecule has 0 aliphatic heterocycles. The number of rotatable bonds is 11. The van der Waals surface area contributed by atoms with E-state index in [0.29, 0.717) is 53.5 Å². The summed E-state index contributed by atoms with van der Waals surface area (Å²) in [6.45, 7) is 1.46. The van der Waals surface area contributed by atoms with Gasteiger partial charge in [-0.1, -0.05) is 12.1 Å². The van der Waals surface area contributed by atoms with E-state index in [1.165, 1.54) is 6.92 Å². The summed E-state index contributed by atoms with van der Waals surface area (Å²) in [5, 5.41) is 10.4. The van der Waals surface area contributed by atoms with Crippen LogP contribution in [0.15, 0.2) is 59.5 Å². The van der Waals surface area contributed by atoms with E-state index in [0.717, 1.165) is 27.6 Å². The molecule has 4 aromatic rings. The summed E-state index contributed by atoms with van der Waals surface area (Å²) in [4.78, 5) is 39.8. The van der Waals surface area contributed by atoms with Crippen molar-refractivity contribution in [2.75, 3.05) is 44.0 Å². The third-order valence-electron chi connectivity index (χ3n) is 8.33. The van der Waals surface area contributed by atoms with Crippen molar-refractivity contribution < 1.29 is 23.8 Å². The standard InChI is InChI=1S/C35H40N4O6S/c1-20(40)36-26-11-8-22-17-31(43-3)33(44-4)34(45-5)32(22)24-10-12-27(30(41)19-25(24)26)38-28(14-16-46-6)35(42)37-23-9-7-21-13-15-39(2)29(21)18-23/h7,9-10,12-13,15,17-19,26,28H,8,11,14,16H2,1-6H3,(H,36,40)(H,37,42)(H,38,41)/t26-,28-/m0/s1. The molecule has 3 aromatic carbocycles. The van der Waals surface area contributed by atoms with Crippen molar-refractivity contribution in [2.24, 2.45) is 7.05 Å². The van der Waals surface area contributed by atoms with Crippen LogP contribution < -0.4 is 35.6 Å². The highest BCUT2D eigenvalue weighted by Crippen LogP contribution is 2.50. The fourth-order valence-electron chi connectivity index (χ4n) is 6.09. The fraction of sp³-hybridized carbons (Fsp3) is 0.343. The number of carbonyl (C=O) groups is 2. The molecular formula is C35H40N4O6S. The molecule has 10 nitrogen and oxygen atoms in total. The van der Waals surface area contributed by atoms with Crippen molar-refractivity contribution in [3.8, 4) is 28.4 Å². The number of nitrogens with zero attached hydrogens (tertiary/aromatic N) is 1. The van der Waals surface area contributed by atoms with Crippen LogP contribution in [0.1, 0.15) is 36.9 Å². The lowest BCUT2D eigenvalue weighted by atomic mass is 9.95. The highest BCUT2D eigenvalue weighted by Gasteiger charge is 2.30. The van der Waals surface area contributed by atoms with Crippen LogP contribution in [0.4, 0.5) is 11.4 Å². The first kappa shape index (κ1) is 32.7. The van der Waals surface area contributed by atoms with E-state index < -0.39 is 12.1 Å². The van der Waals surface area contributed by atoms with E-state index in [2.05, 4.69) is 16.0 Å². The predicted molar refractivity (Wildman–Crippen MR) is 185 cm³/mol. The lowest BCUT2D eigenvalue weighted by Gasteiger charge is -2.19. The maximum Gasteiger partial charge on any atom is 0.246 e. The van der Waals surface area contributed by atoms with Gasteiger partial charge in [0.1, 0.15) is 6.04 Å². The highest BCUT2D eigenvalue weighted by atomic mass is 32.2. The molecule has 0 bridgehead atoms. The van der Waals surface area contributed by atoms with E-state index in [1.54, 1.807) is 45.2 Å². The Morgan fingerprint density at radius 2 is 1.80 bits per heavy atom. The number of fused-ring (bicyclic) bond motifs is 4. The summed E-state index contributed by atoms with van der Waals surface area (Å²) in [6.07, 6.45) is 5.60. The summed E-state index contributed by atoms with van der Waals surface area (Å²) < 4.78 is 19.2. The van der Waals surface area contributed by atoms with Gasteiger partial charge in [0.05, 0.1) is 33.1 Å². The van der Waals surface area contributed by atoms with Gasteiger partial charge in [-0.2, -0.15) is 11.8 Å². The van der Waals surface area contributed by atoms with Gasteiger partial charge in [-0.3, -0.25) is 14.4 Å². The van der Waals surface area contributed by atoms with E-state index in [9.17, 15) is 14.4 Å². The lowest BCUT2D eigenvalue weighted by molar-refractivity contribution is -0.120. The minimum Gasteiger partial charge on any atom is -0.493 e. The second kappa shape index (κ2) is 14.2. The van der Waals surface area contributed by atoms with Crippen LogP contribution in [-0.2, 0) is 23.1 Å². The Morgan fingerprint density at radius 3 is 2.50 bits per heavy atom. The number of methoxy groups -OCH3 is 3. The molecule has 0 saturated heterocycles. The molecule has 0 fully saturated rings. The number of thioether (sulfide) groups is 1. The molecule has 242 valence electrons. The van der Waals surface area contributed by atoms with Gasteiger partial charge in [0.25, 0.3) is 0 Å².